The molecule has 0 radical (unpaired) electrons. The number of nitrogens with two attached hydrogens (primary N) is 1. The summed E-state index contributed by atoms with van der Waals surface area (Å²) in [6.45, 7) is -1.61. The van der Waals surface area contributed by atoms with Crippen LogP contribution in [-0.4, -0.2) is 60.1 Å². The van der Waals surface area contributed by atoms with E-state index in [0.717, 1.165) is 4.90 Å². The number of hydrogen-bond acceptors (Lipinski definition) is 5. The Morgan fingerprint density at radius 3 is 1.73 bits per heavy atom. The van der Waals surface area contributed by atoms with Crippen LogP contribution in [0.1, 0.15) is 0 Å². The molecule has 0 atom stereocenters. The molecule has 0 aromatic heterocycles. The Bertz CT molecular complexity index is 362. The van der Waals surface area contributed by atoms with Gasteiger partial charge in [-0.15, -0.1) is 0 Å². The predicted octanol–water partition coefficient (Wildman–Crippen LogP) is -2.57. The Morgan fingerprint density at radius 1 is 1.07 bits per heavy atom. The molecule has 0 aliphatic rings. The van der Waals surface area contributed by atoms with Gasteiger partial charge in [-0.3, -0.25) is 20.2 Å². The van der Waals surface area contributed by atoms with Crippen LogP contribution in [-0.2, 0) is 19.9 Å². The first-order chi connectivity index (χ1) is 6.82. The molecule has 0 aromatic rings. The highest BCUT2D eigenvalue weighted by atomic mass is 32.2. The summed E-state index contributed by atoms with van der Waals surface area (Å²) in [4.78, 5) is 21.0. The van der Waals surface area contributed by atoms with Crippen LogP contribution >= 0.6 is 0 Å². The average molecular weight is 238 g/mol. The highest BCUT2D eigenvalue weighted by molar-refractivity contribution is 7.72. The highest BCUT2D eigenvalue weighted by Gasteiger charge is 2.14. The first-order valence-electron chi connectivity index (χ1n) is 3.69. The fourth-order valence-corrected chi connectivity index (χ4v) is 1.11. The standard InChI is InChI=1S/C6H10N2O6S/c7-4(15(13)14)1-8(2-5(9)10)3-6(11)12/h1-3,7H2,(H,9,10)(H,11,12). The van der Waals surface area contributed by atoms with Gasteiger partial charge in [-0.05, 0) is 0 Å². The van der Waals surface area contributed by atoms with Gasteiger partial charge in [-0.1, -0.05) is 0 Å². The van der Waals surface area contributed by atoms with Crippen molar-refractivity contribution in [2.24, 2.45) is 5.73 Å². The Morgan fingerprint density at radius 2 is 1.47 bits per heavy atom. The third-order valence-electron chi connectivity index (χ3n) is 1.31. The maximum Gasteiger partial charge on any atom is 0.317 e. The van der Waals surface area contributed by atoms with Gasteiger partial charge in [0.1, 0.15) is 4.99 Å². The summed E-state index contributed by atoms with van der Waals surface area (Å²) in [6, 6.07) is 0. The molecule has 0 amide bonds. The van der Waals surface area contributed by atoms with Gasteiger partial charge in [0, 0.05) is 6.54 Å². The van der Waals surface area contributed by atoms with Crippen LogP contribution in [0.15, 0.2) is 0 Å². The number of rotatable bonds is 6. The number of carbonyl (C=O) groups is 2. The molecule has 0 bridgehead atoms. The van der Waals surface area contributed by atoms with Crippen LogP contribution in [0.4, 0.5) is 0 Å². The molecule has 0 rings (SSSR count). The summed E-state index contributed by atoms with van der Waals surface area (Å²) in [5.74, 6) is -2.53. The van der Waals surface area contributed by atoms with Crippen molar-refractivity contribution in [3.63, 3.8) is 0 Å². The molecule has 9 heteroatoms. The smallest absolute Gasteiger partial charge is 0.317 e. The summed E-state index contributed by atoms with van der Waals surface area (Å²) in [7, 11) is -2.64. The van der Waals surface area contributed by atoms with Gasteiger partial charge in [-0.2, -0.15) is 8.42 Å². The monoisotopic (exact) mass is 238 g/mol. The lowest BCUT2D eigenvalue weighted by atomic mass is 10.4. The summed E-state index contributed by atoms with van der Waals surface area (Å²) >= 11 is 0. The third-order valence-corrected chi connectivity index (χ3v) is 1.87. The average Bonchev–Trinajstić information content (AvgIpc) is 2.00. The van der Waals surface area contributed by atoms with E-state index in [1.54, 1.807) is 0 Å². The molecule has 0 heterocycles. The minimum Gasteiger partial charge on any atom is -0.480 e. The Kier molecular flexibility index (Phi) is 5.52. The topological polar surface area (TPSA) is 138 Å². The first kappa shape index (κ1) is 13.5. The van der Waals surface area contributed by atoms with E-state index < -0.39 is 46.9 Å². The summed E-state index contributed by atoms with van der Waals surface area (Å²) in [5, 5.41) is 16.8. The number of carboxylic acids is 2. The van der Waals surface area contributed by atoms with Crippen molar-refractivity contribution in [3.05, 3.63) is 0 Å². The SMILES string of the molecule is NC(CN(CC(=O)O)CC(=O)O)=S(=O)=O. The van der Waals surface area contributed by atoms with Gasteiger partial charge < -0.3 is 10.2 Å². The fourth-order valence-electron chi connectivity index (χ4n) is 0.823. The molecule has 0 aliphatic heterocycles. The van der Waals surface area contributed by atoms with Gasteiger partial charge in [-0.25, -0.2) is 0 Å². The van der Waals surface area contributed by atoms with Crippen LogP contribution in [0.2, 0.25) is 0 Å². The zero-order valence-corrected chi connectivity index (χ0v) is 8.40. The van der Waals surface area contributed by atoms with Gasteiger partial charge in [0.25, 0.3) is 0 Å². The van der Waals surface area contributed by atoms with E-state index in [-0.39, 0.29) is 0 Å². The van der Waals surface area contributed by atoms with Gasteiger partial charge in [0.2, 0.25) is 10.3 Å². The molecular weight excluding hydrogens is 228 g/mol. The van der Waals surface area contributed by atoms with Crippen molar-refractivity contribution in [2.45, 2.75) is 0 Å². The molecule has 86 valence electrons. The van der Waals surface area contributed by atoms with E-state index in [1.807, 2.05) is 0 Å². The van der Waals surface area contributed by atoms with E-state index in [1.165, 1.54) is 0 Å². The van der Waals surface area contributed by atoms with Crippen molar-refractivity contribution in [1.29, 1.82) is 0 Å². The fraction of sp³-hybridized carbons (Fsp3) is 0.500. The molecule has 0 saturated heterocycles. The maximum atomic E-state index is 10.3. The van der Waals surface area contributed by atoms with E-state index in [9.17, 15) is 18.0 Å². The molecule has 15 heavy (non-hydrogen) atoms. The van der Waals surface area contributed by atoms with Crippen molar-refractivity contribution in [3.8, 4) is 0 Å². The Balaban J connectivity index is 4.58. The van der Waals surface area contributed by atoms with Gasteiger partial charge in [0.05, 0.1) is 13.1 Å². The lowest BCUT2D eigenvalue weighted by molar-refractivity contribution is -0.141. The first-order valence-corrected chi connectivity index (χ1v) is 4.77. The van der Waals surface area contributed by atoms with E-state index in [0.29, 0.717) is 0 Å². The molecule has 0 aromatic carbocycles. The molecule has 0 saturated carbocycles. The molecule has 0 spiro atoms. The van der Waals surface area contributed by atoms with Crippen molar-refractivity contribution >= 4 is 27.2 Å². The highest BCUT2D eigenvalue weighted by Crippen LogP contribution is 1.87. The van der Waals surface area contributed by atoms with Crippen molar-refractivity contribution < 1.29 is 28.2 Å². The Labute approximate surface area is 86.4 Å². The number of carboxylic acid groups (broad SMARTS) is 2. The molecule has 4 N–H and O–H groups in total. The van der Waals surface area contributed by atoms with Crippen LogP contribution in [0.5, 0.6) is 0 Å². The van der Waals surface area contributed by atoms with Crippen LogP contribution in [0.3, 0.4) is 0 Å². The van der Waals surface area contributed by atoms with Crippen LogP contribution < -0.4 is 5.73 Å². The number of nitrogens with zero attached hydrogens (tertiary/aromatic N) is 1. The van der Waals surface area contributed by atoms with Gasteiger partial charge in [0.15, 0.2) is 0 Å². The second kappa shape index (κ2) is 6.11. The zero-order valence-electron chi connectivity index (χ0n) is 7.58. The van der Waals surface area contributed by atoms with E-state index >= 15 is 0 Å². The minimum absolute atomic E-state index is 0.422. The van der Waals surface area contributed by atoms with Crippen LogP contribution in [0.25, 0.3) is 0 Å². The molecule has 0 unspecified atom stereocenters. The van der Waals surface area contributed by atoms with Crippen molar-refractivity contribution in [1.82, 2.24) is 4.90 Å². The lowest BCUT2D eigenvalue weighted by Gasteiger charge is -2.15. The zero-order chi connectivity index (χ0) is 12.0. The molecule has 0 fully saturated rings. The molecular formula is C6H10N2O6S. The minimum atomic E-state index is -2.64. The maximum absolute atomic E-state index is 10.3. The summed E-state index contributed by atoms with van der Waals surface area (Å²) in [6.07, 6.45) is 0. The second-order valence-corrected chi connectivity index (χ2v) is 3.63. The summed E-state index contributed by atoms with van der Waals surface area (Å²) in [5.41, 5.74) is 5.05. The lowest BCUT2D eigenvalue weighted by Crippen LogP contribution is -2.40. The Hall–Kier alpha value is -1.45. The number of hydrogen-bond donors (Lipinski definition) is 3. The molecule has 0 aliphatic carbocycles. The quantitative estimate of drug-likeness (QED) is 0.429. The van der Waals surface area contributed by atoms with E-state index in [4.69, 9.17) is 15.9 Å². The largest absolute Gasteiger partial charge is 0.480 e. The third kappa shape index (κ3) is 6.60. The van der Waals surface area contributed by atoms with E-state index in [2.05, 4.69) is 0 Å². The van der Waals surface area contributed by atoms with Gasteiger partial charge >= 0.3 is 11.9 Å². The predicted molar refractivity (Wildman–Crippen MR) is 49.8 cm³/mol. The normalized spacial score (nSPS) is 10.0. The van der Waals surface area contributed by atoms with Crippen LogP contribution in [0, 0.1) is 0 Å². The van der Waals surface area contributed by atoms with Crippen molar-refractivity contribution in [2.75, 3.05) is 19.6 Å². The summed E-state index contributed by atoms with van der Waals surface area (Å²) < 4.78 is 20.6. The molecule has 8 nitrogen and oxygen atoms in total. The number of aliphatic carboxylic acids is 2. The second-order valence-electron chi connectivity index (χ2n) is 2.63.